The molecule has 1 aromatic heterocycles. The smallest absolute Gasteiger partial charge is 0.469 e. The molecule has 0 aliphatic rings. The minimum absolute atomic E-state index is 0.119. The zero-order valence-electron chi connectivity index (χ0n) is 10.5. The Morgan fingerprint density at radius 1 is 1.43 bits per heavy atom. The molecule has 0 aliphatic carbocycles. The van der Waals surface area contributed by atoms with E-state index in [1.54, 1.807) is 0 Å². The first kappa shape index (κ1) is 17.4. The summed E-state index contributed by atoms with van der Waals surface area (Å²) in [6.45, 7) is 0. The highest BCUT2D eigenvalue weighted by molar-refractivity contribution is 6.17. The predicted octanol–water partition coefficient (Wildman–Crippen LogP) is 3.37. The van der Waals surface area contributed by atoms with Gasteiger partial charge in [0.1, 0.15) is 5.69 Å². The molecule has 118 valence electrons. The number of ether oxygens (including phenoxy) is 2. The van der Waals surface area contributed by atoms with Crippen LogP contribution < -0.4 is 4.74 Å². The first-order valence-electron chi connectivity index (χ1n) is 5.37. The molecule has 0 spiro atoms. The summed E-state index contributed by atoms with van der Waals surface area (Å²) in [5.74, 6) is -2.32. The van der Waals surface area contributed by atoms with Gasteiger partial charge in [-0.1, -0.05) is 0 Å². The normalized spacial score (nSPS) is 11.6. The van der Waals surface area contributed by atoms with Crippen LogP contribution in [0.15, 0.2) is 6.07 Å². The molecule has 4 nitrogen and oxygen atoms in total. The molecule has 0 bridgehead atoms. The second-order valence-electron chi connectivity index (χ2n) is 3.72. The van der Waals surface area contributed by atoms with Gasteiger partial charge in [0.15, 0.2) is 0 Å². The largest absolute Gasteiger partial charge is 0.574 e. The lowest BCUT2D eigenvalue weighted by atomic mass is 10.0. The topological polar surface area (TPSA) is 48.4 Å². The zero-order chi connectivity index (χ0) is 16.2. The molecule has 21 heavy (non-hydrogen) atoms. The summed E-state index contributed by atoms with van der Waals surface area (Å²) in [6.07, 6.45) is -8.87. The summed E-state index contributed by atoms with van der Waals surface area (Å²) in [6, 6.07) is 0.755. The number of aromatic nitrogens is 1. The lowest BCUT2D eigenvalue weighted by molar-refractivity contribution is -0.276. The van der Waals surface area contributed by atoms with Crippen molar-refractivity contribution in [2.45, 2.75) is 25.1 Å². The quantitative estimate of drug-likeness (QED) is 0.471. The lowest BCUT2D eigenvalue weighted by Crippen LogP contribution is -2.19. The molecular formula is C11H9ClF5NO3. The van der Waals surface area contributed by atoms with E-state index < -0.39 is 42.6 Å². The van der Waals surface area contributed by atoms with E-state index in [0.717, 1.165) is 13.2 Å². The number of nitrogens with zero attached hydrogens (tertiary/aromatic N) is 1. The lowest BCUT2D eigenvalue weighted by Gasteiger charge is -2.15. The van der Waals surface area contributed by atoms with Gasteiger partial charge in [0.05, 0.1) is 13.5 Å². The molecule has 1 aromatic rings. The van der Waals surface area contributed by atoms with Crippen LogP contribution in [0.25, 0.3) is 0 Å². The number of carbonyl (C=O) groups is 1. The third kappa shape index (κ3) is 5.00. The molecule has 0 aromatic carbocycles. The maximum atomic E-state index is 12.9. The van der Waals surface area contributed by atoms with Gasteiger partial charge in [0.2, 0.25) is 5.88 Å². The predicted molar refractivity (Wildman–Crippen MR) is 61.2 cm³/mol. The fourth-order valence-corrected chi connectivity index (χ4v) is 1.75. The summed E-state index contributed by atoms with van der Waals surface area (Å²) in [4.78, 5) is 14.3. The van der Waals surface area contributed by atoms with Crippen LogP contribution in [-0.4, -0.2) is 24.4 Å². The molecule has 0 atom stereocenters. The van der Waals surface area contributed by atoms with E-state index in [-0.39, 0.29) is 11.1 Å². The standard InChI is InChI=1S/C11H9ClF5NO3/c1-20-8(19)3-6-5(4-12)2-7(21-11(15,16)17)18-9(6)10(13)14/h2,10H,3-4H2,1H3. The molecule has 10 heteroatoms. The zero-order valence-corrected chi connectivity index (χ0v) is 11.3. The number of halogens is 6. The second kappa shape index (κ2) is 6.88. The summed E-state index contributed by atoms with van der Waals surface area (Å²) in [5, 5.41) is 0. The Hall–Kier alpha value is -1.64. The maximum Gasteiger partial charge on any atom is 0.574 e. The van der Waals surface area contributed by atoms with Gasteiger partial charge in [-0.3, -0.25) is 4.79 Å². The summed E-state index contributed by atoms with van der Waals surface area (Å²) in [5.41, 5.74) is -1.40. The van der Waals surface area contributed by atoms with E-state index in [2.05, 4.69) is 14.5 Å². The van der Waals surface area contributed by atoms with Gasteiger partial charge in [-0.15, -0.1) is 24.8 Å². The molecule has 0 fully saturated rings. The number of hydrogen-bond donors (Lipinski definition) is 0. The minimum atomic E-state index is -5.08. The third-order valence-corrected chi connectivity index (χ3v) is 2.63. The van der Waals surface area contributed by atoms with E-state index in [4.69, 9.17) is 11.6 Å². The van der Waals surface area contributed by atoms with E-state index >= 15 is 0 Å². The number of rotatable bonds is 5. The summed E-state index contributed by atoms with van der Waals surface area (Å²) >= 11 is 5.52. The van der Waals surface area contributed by atoms with Crippen LogP contribution in [0.5, 0.6) is 5.88 Å². The van der Waals surface area contributed by atoms with Crippen molar-refractivity contribution in [2.75, 3.05) is 7.11 Å². The summed E-state index contributed by atoms with van der Waals surface area (Å²) < 4.78 is 70.0. The third-order valence-electron chi connectivity index (χ3n) is 2.34. The number of methoxy groups -OCH3 is 1. The molecule has 0 aliphatic heterocycles. The van der Waals surface area contributed by atoms with Gasteiger partial charge in [-0.05, 0) is 11.1 Å². The van der Waals surface area contributed by atoms with Crippen molar-refractivity contribution in [3.8, 4) is 5.88 Å². The van der Waals surface area contributed by atoms with Gasteiger partial charge in [-0.2, -0.15) is 0 Å². The monoisotopic (exact) mass is 333 g/mol. The van der Waals surface area contributed by atoms with Crippen molar-refractivity contribution >= 4 is 17.6 Å². The van der Waals surface area contributed by atoms with Crippen LogP contribution in [-0.2, 0) is 21.8 Å². The highest BCUT2D eigenvalue weighted by atomic mass is 35.5. The summed E-state index contributed by atoms with van der Waals surface area (Å²) in [7, 11) is 1.04. The van der Waals surface area contributed by atoms with E-state index in [0.29, 0.717) is 0 Å². The van der Waals surface area contributed by atoms with Crippen molar-refractivity contribution in [3.05, 3.63) is 22.9 Å². The van der Waals surface area contributed by atoms with Crippen LogP contribution in [0.3, 0.4) is 0 Å². The Morgan fingerprint density at radius 2 is 2.05 bits per heavy atom. The van der Waals surface area contributed by atoms with Gasteiger partial charge < -0.3 is 9.47 Å². The Bertz CT molecular complexity index is 521. The fourth-order valence-electron chi connectivity index (χ4n) is 1.51. The number of hydrogen-bond acceptors (Lipinski definition) is 4. The average Bonchev–Trinajstić information content (AvgIpc) is 2.37. The molecule has 0 saturated carbocycles. The Kier molecular flexibility index (Phi) is 5.70. The van der Waals surface area contributed by atoms with Gasteiger partial charge in [0.25, 0.3) is 6.43 Å². The molecule has 0 N–H and O–H groups in total. The van der Waals surface area contributed by atoms with Crippen molar-refractivity contribution in [1.29, 1.82) is 0 Å². The van der Waals surface area contributed by atoms with Crippen LogP contribution in [0.4, 0.5) is 22.0 Å². The molecule has 0 radical (unpaired) electrons. The molecule has 0 saturated heterocycles. The van der Waals surface area contributed by atoms with Crippen molar-refractivity contribution in [2.24, 2.45) is 0 Å². The average molecular weight is 334 g/mol. The highest BCUT2D eigenvalue weighted by Crippen LogP contribution is 2.31. The molecule has 1 heterocycles. The first-order valence-corrected chi connectivity index (χ1v) is 5.90. The minimum Gasteiger partial charge on any atom is -0.469 e. The van der Waals surface area contributed by atoms with Gasteiger partial charge >= 0.3 is 12.3 Å². The van der Waals surface area contributed by atoms with Crippen molar-refractivity contribution in [1.82, 2.24) is 4.98 Å². The maximum absolute atomic E-state index is 12.9. The molecule has 0 unspecified atom stereocenters. The number of carbonyl (C=O) groups excluding carboxylic acids is 1. The van der Waals surface area contributed by atoms with Crippen molar-refractivity contribution in [3.63, 3.8) is 0 Å². The van der Waals surface area contributed by atoms with Crippen LogP contribution in [0.2, 0.25) is 0 Å². The fraction of sp³-hybridized carbons (Fsp3) is 0.455. The number of pyridine rings is 1. The van der Waals surface area contributed by atoms with E-state index in [9.17, 15) is 26.7 Å². The van der Waals surface area contributed by atoms with Crippen LogP contribution in [0, 0.1) is 0 Å². The Balaban J connectivity index is 3.32. The van der Waals surface area contributed by atoms with Gasteiger partial charge in [0, 0.05) is 11.9 Å². The molecule has 1 rings (SSSR count). The van der Waals surface area contributed by atoms with E-state index in [1.807, 2.05) is 0 Å². The Labute approximate surface area is 120 Å². The number of esters is 1. The second-order valence-corrected chi connectivity index (χ2v) is 3.99. The Morgan fingerprint density at radius 3 is 2.48 bits per heavy atom. The number of alkyl halides is 6. The van der Waals surface area contributed by atoms with E-state index in [1.165, 1.54) is 0 Å². The molecular weight excluding hydrogens is 325 g/mol. The SMILES string of the molecule is COC(=O)Cc1c(CCl)cc(OC(F)(F)F)nc1C(F)F. The van der Waals surface area contributed by atoms with Crippen molar-refractivity contribution < 1.29 is 36.2 Å². The van der Waals surface area contributed by atoms with Gasteiger partial charge in [-0.25, -0.2) is 13.8 Å². The van der Waals surface area contributed by atoms with Crippen LogP contribution >= 0.6 is 11.6 Å². The van der Waals surface area contributed by atoms with Crippen LogP contribution in [0.1, 0.15) is 23.2 Å². The molecule has 0 amide bonds. The first-order chi connectivity index (χ1) is 9.67. The highest BCUT2D eigenvalue weighted by Gasteiger charge is 2.33.